The van der Waals surface area contributed by atoms with E-state index in [0.29, 0.717) is 11.8 Å². The normalized spacial score (nSPS) is 18.3. The van der Waals surface area contributed by atoms with Gasteiger partial charge in [0.1, 0.15) is 0 Å². The van der Waals surface area contributed by atoms with E-state index in [1.54, 1.807) is 0 Å². The van der Waals surface area contributed by atoms with Crippen LogP contribution < -0.4 is 0 Å². The maximum absolute atomic E-state index is 4.75. The molecule has 6 heteroatoms. The molecule has 12 rings (SSSR count). The minimum absolute atomic E-state index is 0.212. The van der Waals surface area contributed by atoms with Crippen LogP contribution in [0.4, 0.5) is 0 Å². The summed E-state index contributed by atoms with van der Waals surface area (Å²) in [6.07, 6.45) is 11.5. The highest BCUT2D eigenvalue weighted by molar-refractivity contribution is 6.17. The summed E-state index contributed by atoms with van der Waals surface area (Å²) in [6, 6.07) is 39.6. The maximum Gasteiger partial charge on any atom is 0.0702 e. The van der Waals surface area contributed by atoms with E-state index in [9.17, 15) is 0 Å². The molecule has 0 spiro atoms. The molecular formula is C52H40N6. The fourth-order valence-electron chi connectivity index (χ4n) is 10.6. The average molecular weight is 749 g/mol. The Kier molecular flexibility index (Phi) is 7.04. The Labute approximate surface area is 336 Å². The second-order valence-electron chi connectivity index (χ2n) is 16.4. The molecule has 6 heterocycles. The molecule has 2 aliphatic rings. The maximum atomic E-state index is 4.75. The summed E-state index contributed by atoms with van der Waals surface area (Å²) in [6.45, 7) is 9.81. The van der Waals surface area contributed by atoms with Crippen LogP contribution in [0.5, 0.6) is 0 Å². The number of fused-ring (bicyclic) bond motifs is 8. The van der Waals surface area contributed by atoms with Crippen molar-refractivity contribution in [2.24, 2.45) is 0 Å². The van der Waals surface area contributed by atoms with Crippen molar-refractivity contribution in [3.05, 3.63) is 169 Å². The zero-order valence-electron chi connectivity index (χ0n) is 32.8. The summed E-state index contributed by atoms with van der Waals surface area (Å²) in [5, 5.41) is 5.08. The molecule has 6 nitrogen and oxygen atoms in total. The first-order valence-corrected chi connectivity index (χ1v) is 20.4. The van der Waals surface area contributed by atoms with Gasteiger partial charge < -0.3 is 9.13 Å². The molecule has 2 aliphatic carbocycles. The highest BCUT2D eigenvalue weighted by Gasteiger charge is 2.42. The third-order valence-corrected chi connectivity index (χ3v) is 13.6. The summed E-state index contributed by atoms with van der Waals surface area (Å²) in [7, 11) is 0. The van der Waals surface area contributed by atoms with Crippen molar-refractivity contribution in [2.45, 2.75) is 51.4 Å². The van der Waals surface area contributed by atoms with Crippen LogP contribution in [-0.4, -0.2) is 29.1 Å². The molecule has 4 atom stereocenters. The van der Waals surface area contributed by atoms with Crippen molar-refractivity contribution in [1.29, 1.82) is 0 Å². The van der Waals surface area contributed by atoms with Gasteiger partial charge in [-0.1, -0.05) is 52.0 Å². The number of hydrogen-bond acceptors (Lipinski definition) is 4. The van der Waals surface area contributed by atoms with Gasteiger partial charge in [-0.05, 0) is 142 Å². The van der Waals surface area contributed by atoms with Crippen LogP contribution in [0.25, 0.3) is 88.6 Å². The predicted molar refractivity (Wildman–Crippen MR) is 236 cm³/mol. The fourth-order valence-corrected chi connectivity index (χ4v) is 10.6. The SMILES string of the molecule is CC1c2cc3c4cc(-c5ccccn5)ccc4n(-c4cccnc4)c3c3c2-c2c(cc4c5cc(-c6ccccn6)ccc5n(-c5cccnc5)c4c2C(C)C3C)C1C. The Morgan fingerprint density at radius 1 is 0.431 bits per heavy atom. The van der Waals surface area contributed by atoms with Crippen LogP contribution in [-0.2, 0) is 0 Å². The summed E-state index contributed by atoms with van der Waals surface area (Å²) in [5.74, 6) is 1.04. The monoisotopic (exact) mass is 748 g/mol. The van der Waals surface area contributed by atoms with Gasteiger partial charge in [0.15, 0.2) is 0 Å². The highest BCUT2D eigenvalue weighted by atomic mass is 15.0. The van der Waals surface area contributed by atoms with Crippen LogP contribution in [0, 0.1) is 0 Å². The van der Waals surface area contributed by atoms with E-state index >= 15 is 0 Å². The fraction of sp³-hybridized carbons (Fsp3) is 0.154. The van der Waals surface area contributed by atoms with E-state index in [1.807, 2.05) is 49.3 Å². The van der Waals surface area contributed by atoms with Gasteiger partial charge in [0.05, 0.1) is 57.2 Å². The van der Waals surface area contributed by atoms with E-state index in [0.717, 1.165) is 33.9 Å². The van der Waals surface area contributed by atoms with E-state index in [4.69, 9.17) is 9.97 Å². The number of pyridine rings is 4. The average Bonchev–Trinajstić information content (AvgIpc) is 3.79. The minimum Gasteiger partial charge on any atom is -0.307 e. The molecule has 10 aromatic rings. The molecule has 0 radical (unpaired) electrons. The molecule has 0 amide bonds. The van der Waals surface area contributed by atoms with Crippen LogP contribution in [0.2, 0.25) is 0 Å². The van der Waals surface area contributed by atoms with Crippen LogP contribution in [0.3, 0.4) is 0 Å². The Balaban J connectivity index is 1.24. The van der Waals surface area contributed by atoms with Crippen molar-refractivity contribution in [2.75, 3.05) is 0 Å². The van der Waals surface area contributed by atoms with Gasteiger partial charge in [-0.25, -0.2) is 0 Å². The Morgan fingerprint density at radius 3 is 1.29 bits per heavy atom. The zero-order valence-corrected chi connectivity index (χ0v) is 32.8. The molecule has 0 saturated carbocycles. The van der Waals surface area contributed by atoms with Gasteiger partial charge in [-0.15, -0.1) is 0 Å². The third kappa shape index (κ3) is 4.48. The Hall–Kier alpha value is -6.92. The van der Waals surface area contributed by atoms with Gasteiger partial charge in [0, 0.05) is 57.5 Å². The lowest BCUT2D eigenvalue weighted by Crippen LogP contribution is -2.24. The van der Waals surface area contributed by atoms with Crippen LogP contribution >= 0.6 is 0 Å². The van der Waals surface area contributed by atoms with Gasteiger partial charge in [-0.2, -0.15) is 0 Å². The highest BCUT2D eigenvalue weighted by Crippen LogP contribution is 2.61. The molecule has 6 aromatic heterocycles. The van der Waals surface area contributed by atoms with E-state index in [2.05, 4.69) is 144 Å². The molecule has 0 N–H and O–H groups in total. The van der Waals surface area contributed by atoms with Crippen molar-refractivity contribution >= 4 is 43.6 Å². The third-order valence-electron chi connectivity index (χ3n) is 13.6. The Bertz CT molecular complexity index is 3050. The van der Waals surface area contributed by atoms with Crippen LogP contribution in [0.1, 0.15) is 73.6 Å². The lowest BCUT2D eigenvalue weighted by Gasteiger charge is -2.42. The molecule has 0 bridgehead atoms. The first-order valence-electron chi connectivity index (χ1n) is 20.4. The molecule has 0 fully saturated rings. The van der Waals surface area contributed by atoms with Gasteiger partial charge in [0.2, 0.25) is 0 Å². The lowest BCUT2D eigenvalue weighted by molar-refractivity contribution is 0.584. The Morgan fingerprint density at radius 2 is 0.897 bits per heavy atom. The molecule has 0 aliphatic heterocycles. The zero-order chi connectivity index (χ0) is 38.8. The smallest absolute Gasteiger partial charge is 0.0702 e. The van der Waals surface area contributed by atoms with Gasteiger partial charge in [-0.3, -0.25) is 19.9 Å². The minimum atomic E-state index is 0.212. The molecule has 58 heavy (non-hydrogen) atoms. The van der Waals surface area contributed by atoms with Gasteiger partial charge >= 0.3 is 0 Å². The topological polar surface area (TPSA) is 61.4 Å². The van der Waals surface area contributed by atoms with E-state index in [-0.39, 0.29) is 11.8 Å². The molecule has 278 valence electrons. The van der Waals surface area contributed by atoms with Crippen molar-refractivity contribution < 1.29 is 0 Å². The molecule has 4 unspecified atom stereocenters. The summed E-state index contributed by atoms with van der Waals surface area (Å²) >= 11 is 0. The predicted octanol–water partition coefficient (Wildman–Crippen LogP) is 12.9. The summed E-state index contributed by atoms with van der Waals surface area (Å²) in [4.78, 5) is 18.8. The number of aromatic nitrogens is 6. The first kappa shape index (κ1) is 33.2. The van der Waals surface area contributed by atoms with Gasteiger partial charge in [0.25, 0.3) is 0 Å². The number of hydrogen-bond donors (Lipinski definition) is 0. The lowest BCUT2D eigenvalue weighted by atomic mass is 9.62. The van der Waals surface area contributed by atoms with E-state index < -0.39 is 0 Å². The molecule has 0 saturated heterocycles. The molecule has 4 aromatic carbocycles. The largest absolute Gasteiger partial charge is 0.307 e. The quantitative estimate of drug-likeness (QED) is 0.180. The van der Waals surface area contributed by atoms with E-state index in [1.165, 1.54) is 77.0 Å². The second kappa shape index (κ2) is 12.3. The summed E-state index contributed by atoms with van der Waals surface area (Å²) in [5.41, 5.74) is 19.9. The number of nitrogens with zero attached hydrogens (tertiary/aromatic N) is 6. The summed E-state index contributed by atoms with van der Waals surface area (Å²) < 4.78 is 4.97. The number of rotatable bonds is 4. The molecular weight excluding hydrogens is 709 g/mol. The van der Waals surface area contributed by atoms with Crippen molar-refractivity contribution in [3.63, 3.8) is 0 Å². The van der Waals surface area contributed by atoms with Crippen molar-refractivity contribution in [3.8, 4) is 45.0 Å². The van der Waals surface area contributed by atoms with Crippen molar-refractivity contribution in [1.82, 2.24) is 29.1 Å². The second-order valence-corrected chi connectivity index (χ2v) is 16.4. The first-order chi connectivity index (χ1) is 28.5. The van der Waals surface area contributed by atoms with Crippen LogP contribution in [0.15, 0.2) is 146 Å². The standard InChI is InChI=1S/C52H40N6/c1-29-30(2)38-26-42-40-24-34(44-14-6-8-22-56-44)16-18-46(40)58(36-12-10-20-54-28-36)52(42)48-32(4)31(3)47-49(50(38)48)37(29)25-41-39-23-33(43-13-5-7-21-55-43)15-17-45(39)57(51(41)47)35-11-9-19-53-27-35/h5-32H,1-4H3. The number of benzene rings is 4.